The molecule has 0 spiro atoms. The van der Waals surface area contributed by atoms with E-state index in [1.54, 1.807) is 11.0 Å². The summed E-state index contributed by atoms with van der Waals surface area (Å²) in [7, 11) is 0. The highest BCUT2D eigenvalue weighted by molar-refractivity contribution is 6.79. The molecule has 1 heterocycles. The van der Waals surface area contributed by atoms with Crippen LogP contribution in [0.1, 0.15) is 62.8 Å². The maximum absolute atomic E-state index is 3.85. The minimum Gasteiger partial charge on any atom is -0.329 e. The van der Waals surface area contributed by atoms with E-state index < -0.39 is 0 Å². The molecule has 1 aromatic rings. The zero-order valence-corrected chi connectivity index (χ0v) is 16.4. The first-order chi connectivity index (χ1) is 12.6. The smallest absolute Gasteiger partial charge is 0.269 e. The molecule has 0 radical (unpaired) electrons. The van der Waals surface area contributed by atoms with Crippen molar-refractivity contribution < 1.29 is 0 Å². The molecular formula is C24H30BN. The Bertz CT molecular complexity index is 798. The molecule has 0 bridgehead atoms. The molecule has 26 heavy (non-hydrogen) atoms. The van der Waals surface area contributed by atoms with Crippen LogP contribution in [-0.4, -0.2) is 17.7 Å². The Labute approximate surface area is 159 Å². The number of hydrogen-bond donors (Lipinski definition) is 0. The molecule has 1 nitrogen and oxygen atoms in total. The fourth-order valence-electron chi connectivity index (χ4n) is 5.22. The number of rotatable bonds is 6. The molecule has 0 aromatic heterocycles. The van der Waals surface area contributed by atoms with Crippen LogP contribution >= 0.6 is 0 Å². The molecule has 0 saturated heterocycles. The van der Waals surface area contributed by atoms with Gasteiger partial charge in [0.25, 0.3) is 6.85 Å². The van der Waals surface area contributed by atoms with Crippen molar-refractivity contribution in [1.29, 1.82) is 0 Å². The van der Waals surface area contributed by atoms with Crippen molar-refractivity contribution in [3.63, 3.8) is 0 Å². The summed E-state index contributed by atoms with van der Waals surface area (Å²) in [5.74, 6) is 0.490. The monoisotopic (exact) mass is 343 g/mol. The van der Waals surface area contributed by atoms with Crippen molar-refractivity contribution in [1.82, 2.24) is 4.81 Å². The van der Waals surface area contributed by atoms with Gasteiger partial charge in [0.1, 0.15) is 0 Å². The van der Waals surface area contributed by atoms with Gasteiger partial charge in [-0.25, -0.2) is 0 Å². The molecule has 2 unspecified atom stereocenters. The average Bonchev–Trinajstić information content (AvgIpc) is 3.26. The second kappa shape index (κ2) is 7.08. The Morgan fingerprint density at radius 1 is 1.35 bits per heavy atom. The van der Waals surface area contributed by atoms with Crippen LogP contribution in [-0.2, 0) is 6.42 Å². The first-order valence-electron chi connectivity index (χ1n) is 10.2. The lowest BCUT2D eigenvalue weighted by Gasteiger charge is -2.45. The number of unbranched alkanes of at least 4 members (excludes halogenated alkanes) is 1. The predicted molar refractivity (Wildman–Crippen MR) is 114 cm³/mol. The van der Waals surface area contributed by atoms with Gasteiger partial charge in [-0.2, -0.15) is 0 Å². The molecule has 2 heteroatoms. The lowest BCUT2D eigenvalue weighted by molar-refractivity contribution is 0.289. The van der Waals surface area contributed by atoms with Gasteiger partial charge in [-0.05, 0) is 61.2 Å². The number of benzene rings is 1. The summed E-state index contributed by atoms with van der Waals surface area (Å²) in [6.45, 7) is 11.4. The van der Waals surface area contributed by atoms with Crippen LogP contribution in [0.4, 0.5) is 0 Å². The molecule has 0 N–H and O–H groups in total. The highest BCUT2D eigenvalue weighted by atomic mass is 15.1. The quantitative estimate of drug-likeness (QED) is 0.339. The Kier molecular flexibility index (Phi) is 4.79. The summed E-state index contributed by atoms with van der Waals surface area (Å²) in [5.41, 5.74) is 7.68. The lowest BCUT2D eigenvalue weighted by Crippen LogP contribution is -2.51. The Balaban J connectivity index is 1.69. The van der Waals surface area contributed by atoms with Gasteiger partial charge in [0.2, 0.25) is 0 Å². The van der Waals surface area contributed by atoms with Crippen molar-refractivity contribution in [2.75, 3.05) is 0 Å². The van der Waals surface area contributed by atoms with E-state index in [1.807, 2.05) is 6.08 Å². The fourth-order valence-corrected chi connectivity index (χ4v) is 5.22. The van der Waals surface area contributed by atoms with Gasteiger partial charge in [0.05, 0.1) is 0 Å². The van der Waals surface area contributed by atoms with Crippen LogP contribution in [0.15, 0.2) is 60.7 Å². The molecule has 1 aliphatic heterocycles. The van der Waals surface area contributed by atoms with E-state index in [0.717, 1.165) is 12.8 Å². The summed E-state index contributed by atoms with van der Waals surface area (Å²) in [4.78, 5) is 2.74. The van der Waals surface area contributed by atoms with E-state index in [2.05, 4.69) is 74.7 Å². The SMILES string of the molecule is C=CCCCC1=CC(B2C3=CCc4cccc(c43)C(C)N2C(C)C)C=C1. The highest BCUT2D eigenvalue weighted by Gasteiger charge is 2.45. The van der Waals surface area contributed by atoms with Gasteiger partial charge in [-0.1, -0.05) is 73.5 Å². The van der Waals surface area contributed by atoms with Gasteiger partial charge in [0.15, 0.2) is 0 Å². The zero-order chi connectivity index (χ0) is 18.3. The molecule has 3 aliphatic rings. The van der Waals surface area contributed by atoms with Gasteiger partial charge >= 0.3 is 0 Å². The Morgan fingerprint density at radius 2 is 2.19 bits per heavy atom. The van der Waals surface area contributed by atoms with Crippen molar-refractivity contribution in [3.05, 3.63) is 77.4 Å². The normalized spacial score (nSPS) is 24.1. The van der Waals surface area contributed by atoms with Gasteiger partial charge in [-0.15, -0.1) is 6.58 Å². The molecular weight excluding hydrogens is 313 g/mol. The fraction of sp³-hybridized carbons (Fsp3) is 0.417. The van der Waals surface area contributed by atoms with Gasteiger partial charge in [-0.3, -0.25) is 0 Å². The minimum atomic E-state index is 0.467. The standard InChI is InChI=1S/C24H30BN/c1-5-6-7-9-19-12-14-21(16-19)25-23-15-13-20-10-8-11-22(24(20)23)18(4)26(25)17(2)3/h5,8,10-12,14-18,21H,1,6-7,9,13H2,2-4H3. The summed E-state index contributed by atoms with van der Waals surface area (Å²) in [5, 5.41) is 0. The first kappa shape index (κ1) is 17.6. The summed E-state index contributed by atoms with van der Waals surface area (Å²) < 4.78 is 0. The maximum atomic E-state index is 3.85. The minimum absolute atomic E-state index is 0.467. The van der Waals surface area contributed by atoms with Crippen LogP contribution in [0, 0.1) is 0 Å². The van der Waals surface area contributed by atoms with E-state index in [-0.39, 0.29) is 0 Å². The lowest BCUT2D eigenvalue weighted by atomic mass is 9.41. The molecule has 1 aromatic carbocycles. The molecule has 0 amide bonds. The van der Waals surface area contributed by atoms with Gasteiger partial charge in [0, 0.05) is 6.04 Å². The second-order valence-corrected chi connectivity index (χ2v) is 8.27. The Hall–Kier alpha value is -1.80. The molecule has 2 atom stereocenters. The van der Waals surface area contributed by atoms with E-state index in [9.17, 15) is 0 Å². The van der Waals surface area contributed by atoms with Crippen LogP contribution < -0.4 is 0 Å². The van der Waals surface area contributed by atoms with Gasteiger partial charge < -0.3 is 4.81 Å². The highest BCUT2D eigenvalue weighted by Crippen LogP contribution is 2.48. The third-order valence-corrected chi connectivity index (χ3v) is 6.32. The Morgan fingerprint density at radius 3 is 2.96 bits per heavy atom. The zero-order valence-electron chi connectivity index (χ0n) is 16.4. The number of allylic oxidation sites excluding steroid dienone is 6. The molecule has 2 aliphatic carbocycles. The van der Waals surface area contributed by atoms with E-state index in [0.29, 0.717) is 24.7 Å². The summed E-state index contributed by atoms with van der Waals surface area (Å²) in [6, 6.07) is 7.90. The van der Waals surface area contributed by atoms with E-state index in [1.165, 1.54) is 29.5 Å². The maximum Gasteiger partial charge on any atom is 0.269 e. The van der Waals surface area contributed by atoms with E-state index in [4.69, 9.17) is 0 Å². The van der Waals surface area contributed by atoms with Crippen molar-refractivity contribution >= 4 is 12.3 Å². The molecule has 0 saturated carbocycles. The van der Waals surface area contributed by atoms with Crippen LogP contribution in [0.25, 0.3) is 5.47 Å². The van der Waals surface area contributed by atoms with Crippen molar-refractivity contribution in [3.8, 4) is 0 Å². The largest absolute Gasteiger partial charge is 0.329 e. The first-order valence-corrected chi connectivity index (χ1v) is 10.2. The second-order valence-electron chi connectivity index (χ2n) is 8.27. The summed E-state index contributed by atoms with van der Waals surface area (Å²) in [6.07, 6.45) is 16.5. The number of nitrogens with zero attached hydrogens (tertiary/aromatic N) is 1. The van der Waals surface area contributed by atoms with E-state index >= 15 is 0 Å². The molecule has 134 valence electrons. The van der Waals surface area contributed by atoms with Crippen LogP contribution in [0.3, 0.4) is 0 Å². The molecule has 4 rings (SSSR count). The third-order valence-electron chi connectivity index (χ3n) is 6.32. The molecule has 0 fully saturated rings. The summed E-state index contributed by atoms with van der Waals surface area (Å²) >= 11 is 0. The third kappa shape index (κ3) is 2.85. The van der Waals surface area contributed by atoms with Crippen molar-refractivity contribution in [2.45, 2.75) is 64.4 Å². The average molecular weight is 343 g/mol. The topological polar surface area (TPSA) is 3.24 Å². The predicted octanol–water partition coefficient (Wildman–Crippen LogP) is 6.16. The number of hydrogen-bond acceptors (Lipinski definition) is 1. The van der Waals surface area contributed by atoms with Crippen molar-refractivity contribution in [2.24, 2.45) is 0 Å². The van der Waals surface area contributed by atoms with Crippen LogP contribution in [0.2, 0.25) is 5.82 Å². The van der Waals surface area contributed by atoms with Crippen LogP contribution in [0.5, 0.6) is 0 Å².